The van der Waals surface area contributed by atoms with Gasteiger partial charge in [0.2, 0.25) is 5.91 Å². The van der Waals surface area contributed by atoms with Crippen LogP contribution in [-0.4, -0.2) is 12.2 Å². The molecule has 1 rings (SSSR count). The molecule has 3 heteroatoms. The first-order valence-electron chi connectivity index (χ1n) is 3.59. The highest BCUT2D eigenvalue weighted by molar-refractivity contribution is 5.95. The van der Waals surface area contributed by atoms with E-state index >= 15 is 0 Å². The Labute approximate surface area is 75.6 Å². The Balaban J connectivity index is 3.19. The Morgan fingerprint density at radius 2 is 2.08 bits per heavy atom. The van der Waals surface area contributed by atoms with Crippen molar-refractivity contribution in [1.29, 1.82) is 0 Å². The van der Waals surface area contributed by atoms with E-state index in [1.165, 1.54) is 0 Å². The number of benzene rings is 1. The van der Waals surface area contributed by atoms with Gasteiger partial charge in [-0.25, -0.2) is 0 Å². The summed E-state index contributed by atoms with van der Waals surface area (Å²) in [6.07, 6.45) is 0.470. The monoisotopic (exact) mass is 173 g/mol. The fraction of sp³-hybridized carbons (Fsp3) is 0. The first-order valence-corrected chi connectivity index (χ1v) is 3.59. The van der Waals surface area contributed by atoms with E-state index in [-0.39, 0.29) is 0 Å². The highest BCUT2D eigenvalue weighted by Crippen LogP contribution is 2.05. The lowest BCUT2D eigenvalue weighted by atomic mass is 10.1. The summed E-state index contributed by atoms with van der Waals surface area (Å²) in [5.74, 6) is 4.20. The molecule has 64 valence electrons. The Bertz CT molecular complexity index is 399. The van der Waals surface area contributed by atoms with Crippen molar-refractivity contribution in [2.45, 2.75) is 0 Å². The van der Waals surface area contributed by atoms with Crippen LogP contribution in [-0.2, 0) is 4.79 Å². The van der Waals surface area contributed by atoms with Crippen LogP contribution in [0.5, 0.6) is 0 Å². The van der Waals surface area contributed by atoms with Crippen molar-refractivity contribution in [3.8, 4) is 11.8 Å². The minimum absolute atomic E-state index is 0.330. The molecule has 3 nitrogen and oxygen atoms in total. The molecule has 0 aromatic heterocycles. The second-order valence-electron chi connectivity index (χ2n) is 2.30. The van der Waals surface area contributed by atoms with Crippen LogP contribution in [0.1, 0.15) is 15.9 Å². The standard InChI is InChI=1S/C10H7NO2/c11-10(13)9-6-2-1-4-8(9)5-3-7-12/h1-2,4,6-7H,(H2,11,13). The summed E-state index contributed by atoms with van der Waals surface area (Å²) < 4.78 is 0. The van der Waals surface area contributed by atoms with E-state index in [4.69, 9.17) is 5.73 Å². The third-order valence-corrected chi connectivity index (χ3v) is 1.46. The van der Waals surface area contributed by atoms with Crippen LogP contribution in [0.4, 0.5) is 0 Å². The number of carbonyl (C=O) groups is 2. The molecule has 0 fully saturated rings. The molecule has 0 unspecified atom stereocenters. The Hall–Kier alpha value is -2.08. The van der Waals surface area contributed by atoms with Gasteiger partial charge in [-0.3, -0.25) is 9.59 Å². The van der Waals surface area contributed by atoms with Gasteiger partial charge in [-0.15, -0.1) is 0 Å². The molecule has 0 aliphatic rings. The summed E-state index contributed by atoms with van der Waals surface area (Å²) in [7, 11) is 0. The largest absolute Gasteiger partial charge is 0.366 e. The molecule has 0 aliphatic heterocycles. The zero-order valence-electron chi connectivity index (χ0n) is 6.78. The first-order chi connectivity index (χ1) is 6.25. The molecule has 0 spiro atoms. The van der Waals surface area contributed by atoms with Gasteiger partial charge >= 0.3 is 0 Å². The molecule has 0 radical (unpaired) electrons. The van der Waals surface area contributed by atoms with Crippen molar-refractivity contribution in [3.63, 3.8) is 0 Å². The Kier molecular flexibility index (Phi) is 2.82. The van der Waals surface area contributed by atoms with Crippen LogP contribution in [0.3, 0.4) is 0 Å². The van der Waals surface area contributed by atoms with Crippen LogP contribution in [0, 0.1) is 11.8 Å². The Morgan fingerprint density at radius 3 is 2.69 bits per heavy atom. The quantitative estimate of drug-likeness (QED) is 0.491. The summed E-state index contributed by atoms with van der Waals surface area (Å²) >= 11 is 0. The molecular formula is C10H7NO2. The number of hydrogen-bond acceptors (Lipinski definition) is 2. The fourth-order valence-corrected chi connectivity index (χ4v) is 0.914. The third kappa shape index (κ3) is 2.17. The number of nitrogens with two attached hydrogens (primary N) is 1. The molecular weight excluding hydrogens is 166 g/mol. The smallest absolute Gasteiger partial charge is 0.249 e. The van der Waals surface area contributed by atoms with Gasteiger partial charge in [0, 0.05) is 5.56 Å². The molecule has 0 saturated carbocycles. The van der Waals surface area contributed by atoms with Crippen LogP contribution in [0.2, 0.25) is 0 Å². The maximum absolute atomic E-state index is 10.9. The zero-order chi connectivity index (χ0) is 9.68. The number of primary amides is 1. The molecule has 0 bridgehead atoms. The normalized spacial score (nSPS) is 8.31. The van der Waals surface area contributed by atoms with E-state index in [9.17, 15) is 9.59 Å². The average molecular weight is 173 g/mol. The van der Waals surface area contributed by atoms with E-state index in [0.29, 0.717) is 17.4 Å². The lowest BCUT2D eigenvalue weighted by molar-refractivity contribution is -0.103. The lowest BCUT2D eigenvalue weighted by Crippen LogP contribution is -2.12. The molecule has 2 N–H and O–H groups in total. The van der Waals surface area contributed by atoms with Crippen LogP contribution >= 0.6 is 0 Å². The SMILES string of the molecule is NC(=O)c1ccccc1C#CC=O. The van der Waals surface area contributed by atoms with E-state index in [2.05, 4.69) is 11.8 Å². The predicted molar refractivity (Wildman–Crippen MR) is 47.9 cm³/mol. The van der Waals surface area contributed by atoms with Crippen LogP contribution in [0.25, 0.3) is 0 Å². The van der Waals surface area contributed by atoms with Gasteiger partial charge in [0.15, 0.2) is 6.29 Å². The molecule has 0 aliphatic carbocycles. The van der Waals surface area contributed by atoms with Crippen molar-refractivity contribution in [2.24, 2.45) is 5.73 Å². The van der Waals surface area contributed by atoms with Gasteiger partial charge in [-0.2, -0.15) is 0 Å². The summed E-state index contributed by atoms with van der Waals surface area (Å²) in [5, 5.41) is 0. The molecule has 1 aromatic rings. The minimum atomic E-state index is -0.546. The molecule has 0 heterocycles. The summed E-state index contributed by atoms with van der Waals surface area (Å²) in [6.45, 7) is 0. The fourth-order valence-electron chi connectivity index (χ4n) is 0.914. The molecule has 0 atom stereocenters. The first kappa shape index (κ1) is 9.01. The van der Waals surface area contributed by atoms with Crippen molar-refractivity contribution >= 4 is 12.2 Å². The van der Waals surface area contributed by atoms with Crippen molar-refractivity contribution < 1.29 is 9.59 Å². The maximum atomic E-state index is 10.9. The zero-order valence-corrected chi connectivity index (χ0v) is 6.78. The molecule has 1 aromatic carbocycles. The topological polar surface area (TPSA) is 60.2 Å². The summed E-state index contributed by atoms with van der Waals surface area (Å²) in [5.41, 5.74) is 5.90. The lowest BCUT2D eigenvalue weighted by Gasteiger charge is -1.97. The van der Waals surface area contributed by atoms with Crippen molar-refractivity contribution in [2.75, 3.05) is 0 Å². The maximum Gasteiger partial charge on any atom is 0.249 e. The molecule has 1 amide bonds. The van der Waals surface area contributed by atoms with Crippen molar-refractivity contribution in [3.05, 3.63) is 35.4 Å². The average Bonchev–Trinajstić information content (AvgIpc) is 2.15. The van der Waals surface area contributed by atoms with Crippen LogP contribution in [0.15, 0.2) is 24.3 Å². The molecule has 0 saturated heterocycles. The Morgan fingerprint density at radius 1 is 1.38 bits per heavy atom. The van der Waals surface area contributed by atoms with E-state index in [0.717, 1.165) is 0 Å². The second kappa shape index (κ2) is 4.07. The van der Waals surface area contributed by atoms with Gasteiger partial charge < -0.3 is 5.73 Å². The predicted octanol–water partition coefficient (Wildman–Crippen LogP) is 0.336. The highest BCUT2D eigenvalue weighted by Gasteiger charge is 2.03. The number of carbonyl (C=O) groups excluding carboxylic acids is 2. The summed E-state index contributed by atoms with van der Waals surface area (Å²) in [6, 6.07) is 6.61. The third-order valence-electron chi connectivity index (χ3n) is 1.46. The van der Waals surface area contributed by atoms with Crippen molar-refractivity contribution in [1.82, 2.24) is 0 Å². The number of hydrogen-bond donors (Lipinski definition) is 1. The van der Waals surface area contributed by atoms with Gasteiger partial charge in [0.05, 0.1) is 5.56 Å². The number of rotatable bonds is 1. The van der Waals surface area contributed by atoms with Gasteiger partial charge in [-0.05, 0) is 18.1 Å². The van der Waals surface area contributed by atoms with Gasteiger partial charge in [0.1, 0.15) is 0 Å². The van der Waals surface area contributed by atoms with Crippen LogP contribution < -0.4 is 5.73 Å². The van der Waals surface area contributed by atoms with Gasteiger partial charge in [0.25, 0.3) is 0 Å². The minimum Gasteiger partial charge on any atom is -0.366 e. The second-order valence-corrected chi connectivity index (χ2v) is 2.30. The number of aldehydes is 1. The number of amides is 1. The summed E-state index contributed by atoms with van der Waals surface area (Å²) in [4.78, 5) is 20.8. The highest BCUT2D eigenvalue weighted by atomic mass is 16.1. The van der Waals surface area contributed by atoms with E-state index < -0.39 is 5.91 Å². The molecule has 13 heavy (non-hydrogen) atoms. The van der Waals surface area contributed by atoms with E-state index in [1.54, 1.807) is 24.3 Å². The van der Waals surface area contributed by atoms with E-state index in [1.807, 2.05) is 0 Å². The van der Waals surface area contributed by atoms with Gasteiger partial charge in [-0.1, -0.05) is 18.1 Å².